The standard InChI is InChI=1S/C8H6N2O2/c11-5-1-2-6-7(3-5)10-9-4-8(6)12/h1-4,11H,(H,10,12). The highest BCUT2D eigenvalue weighted by molar-refractivity contribution is 5.78. The summed E-state index contributed by atoms with van der Waals surface area (Å²) in [5.74, 6) is 0.117. The first kappa shape index (κ1) is 6.84. The van der Waals surface area contributed by atoms with E-state index in [1.54, 1.807) is 6.07 Å². The average molecular weight is 162 g/mol. The molecule has 2 aromatic rings. The highest BCUT2D eigenvalue weighted by Gasteiger charge is 1.97. The Bertz CT molecular complexity index is 476. The van der Waals surface area contributed by atoms with Gasteiger partial charge < -0.3 is 5.11 Å². The van der Waals surface area contributed by atoms with Crippen LogP contribution in [-0.2, 0) is 0 Å². The number of phenols is 1. The van der Waals surface area contributed by atoms with Gasteiger partial charge in [-0.25, -0.2) is 0 Å². The molecular formula is C8H6N2O2. The van der Waals surface area contributed by atoms with Gasteiger partial charge in [-0.15, -0.1) is 0 Å². The van der Waals surface area contributed by atoms with Crippen LogP contribution in [0.4, 0.5) is 0 Å². The third-order valence-corrected chi connectivity index (χ3v) is 1.64. The molecule has 0 amide bonds. The fourth-order valence-corrected chi connectivity index (χ4v) is 1.07. The largest absolute Gasteiger partial charge is 0.508 e. The number of phenolic OH excluding ortho intramolecular Hbond substituents is 1. The molecule has 4 nitrogen and oxygen atoms in total. The van der Waals surface area contributed by atoms with Crippen LogP contribution in [-0.4, -0.2) is 15.3 Å². The number of aromatic amines is 1. The van der Waals surface area contributed by atoms with Crippen LogP contribution >= 0.6 is 0 Å². The second-order valence-electron chi connectivity index (χ2n) is 2.46. The maximum atomic E-state index is 11.1. The molecule has 0 unspecified atom stereocenters. The number of nitrogens with one attached hydrogen (secondary N) is 1. The summed E-state index contributed by atoms with van der Waals surface area (Å²) in [4.78, 5) is 11.1. The SMILES string of the molecule is O=c1cn[nH]c2cc(O)ccc12. The normalized spacial score (nSPS) is 10.3. The van der Waals surface area contributed by atoms with Crippen LogP contribution < -0.4 is 5.43 Å². The van der Waals surface area contributed by atoms with E-state index in [2.05, 4.69) is 10.2 Å². The minimum Gasteiger partial charge on any atom is -0.508 e. The molecule has 0 spiro atoms. The van der Waals surface area contributed by atoms with Crippen molar-refractivity contribution < 1.29 is 5.11 Å². The fourth-order valence-electron chi connectivity index (χ4n) is 1.07. The van der Waals surface area contributed by atoms with Gasteiger partial charge >= 0.3 is 0 Å². The highest BCUT2D eigenvalue weighted by atomic mass is 16.3. The summed E-state index contributed by atoms with van der Waals surface area (Å²) < 4.78 is 0. The van der Waals surface area contributed by atoms with Crippen LogP contribution in [0.15, 0.2) is 29.2 Å². The molecule has 1 aromatic heterocycles. The van der Waals surface area contributed by atoms with E-state index >= 15 is 0 Å². The number of aromatic hydroxyl groups is 1. The Morgan fingerprint density at radius 3 is 3.08 bits per heavy atom. The van der Waals surface area contributed by atoms with Gasteiger partial charge in [0, 0.05) is 11.5 Å². The van der Waals surface area contributed by atoms with Crippen molar-refractivity contribution in [3.05, 3.63) is 34.6 Å². The van der Waals surface area contributed by atoms with Crippen molar-refractivity contribution in [3.63, 3.8) is 0 Å². The minimum absolute atomic E-state index is 0.117. The van der Waals surface area contributed by atoms with Crippen LogP contribution in [0, 0.1) is 0 Å². The third-order valence-electron chi connectivity index (χ3n) is 1.64. The number of hydrogen-bond donors (Lipinski definition) is 2. The van der Waals surface area contributed by atoms with Crippen molar-refractivity contribution in [3.8, 4) is 5.75 Å². The van der Waals surface area contributed by atoms with Gasteiger partial charge in [-0.05, 0) is 12.1 Å². The summed E-state index contributed by atoms with van der Waals surface area (Å²) in [6, 6.07) is 4.49. The number of H-pyrrole nitrogens is 1. The molecule has 12 heavy (non-hydrogen) atoms. The van der Waals surface area contributed by atoms with E-state index in [4.69, 9.17) is 5.11 Å². The zero-order valence-electron chi connectivity index (χ0n) is 6.11. The molecule has 0 bridgehead atoms. The summed E-state index contributed by atoms with van der Waals surface area (Å²) in [7, 11) is 0. The number of aromatic nitrogens is 2. The summed E-state index contributed by atoms with van der Waals surface area (Å²) >= 11 is 0. The van der Waals surface area contributed by atoms with Gasteiger partial charge in [-0.2, -0.15) is 5.10 Å². The van der Waals surface area contributed by atoms with E-state index in [0.29, 0.717) is 10.9 Å². The molecule has 2 N–H and O–H groups in total. The molecule has 0 aliphatic carbocycles. The molecule has 0 aliphatic heterocycles. The smallest absolute Gasteiger partial charge is 0.207 e. The Morgan fingerprint density at radius 2 is 2.25 bits per heavy atom. The molecular weight excluding hydrogens is 156 g/mol. The van der Waals surface area contributed by atoms with E-state index in [-0.39, 0.29) is 11.2 Å². The maximum absolute atomic E-state index is 11.1. The second kappa shape index (κ2) is 2.34. The maximum Gasteiger partial charge on any atom is 0.207 e. The van der Waals surface area contributed by atoms with Gasteiger partial charge in [0.15, 0.2) is 0 Å². The molecule has 0 saturated carbocycles. The van der Waals surface area contributed by atoms with Gasteiger partial charge in [-0.3, -0.25) is 9.89 Å². The van der Waals surface area contributed by atoms with E-state index in [1.165, 1.54) is 18.3 Å². The van der Waals surface area contributed by atoms with Crippen LogP contribution in [0.1, 0.15) is 0 Å². The molecule has 0 atom stereocenters. The lowest BCUT2D eigenvalue weighted by Gasteiger charge is -1.95. The van der Waals surface area contributed by atoms with Gasteiger partial charge in [0.25, 0.3) is 0 Å². The van der Waals surface area contributed by atoms with Gasteiger partial charge in [0.1, 0.15) is 5.75 Å². The minimum atomic E-state index is -0.149. The lowest BCUT2D eigenvalue weighted by molar-refractivity contribution is 0.476. The van der Waals surface area contributed by atoms with Crippen molar-refractivity contribution in [1.29, 1.82) is 0 Å². The average Bonchev–Trinajstić information content (AvgIpc) is 2.04. The lowest BCUT2D eigenvalue weighted by Crippen LogP contribution is -2.02. The molecule has 4 heteroatoms. The Labute approximate surface area is 67.5 Å². The van der Waals surface area contributed by atoms with Crippen LogP contribution in [0.5, 0.6) is 5.75 Å². The lowest BCUT2D eigenvalue weighted by atomic mass is 10.2. The number of benzene rings is 1. The quantitative estimate of drug-likeness (QED) is 0.597. The Hall–Kier alpha value is -1.84. The summed E-state index contributed by atoms with van der Waals surface area (Å²) in [5, 5.41) is 15.8. The predicted molar refractivity (Wildman–Crippen MR) is 44.0 cm³/mol. The zero-order valence-corrected chi connectivity index (χ0v) is 6.11. The molecule has 2 rings (SSSR count). The van der Waals surface area contributed by atoms with Crippen molar-refractivity contribution >= 4 is 10.9 Å². The first-order chi connectivity index (χ1) is 5.77. The highest BCUT2D eigenvalue weighted by Crippen LogP contribution is 2.13. The number of nitrogens with zero attached hydrogens (tertiary/aromatic N) is 1. The van der Waals surface area contributed by atoms with Crippen molar-refractivity contribution in [2.45, 2.75) is 0 Å². The first-order valence-corrected chi connectivity index (χ1v) is 3.44. The Balaban J connectivity index is 2.96. The molecule has 0 radical (unpaired) electrons. The Kier molecular flexibility index (Phi) is 1.33. The van der Waals surface area contributed by atoms with Crippen molar-refractivity contribution in [1.82, 2.24) is 10.2 Å². The van der Waals surface area contributed by atoms with Gasteiger partial charge in [0.2, 0.25) is 5.43 Å². The molecule has 0 saturated heterocycles. The zero-order chi connectivity index (χ0) is 8.55. The number of fused-ring (bicyclic) bond motifs is 1. The van der Waals surface area contributed by atoms with Gasteiger partial charge in [-0.1, -0.05) is 0 Å². The third kappa shape index (κ3) is 0.934. The van der Waals surface area contributed by atoms with Crippen LogP contribution in [0.2, 0.25) is 0 Å². The molecule has 0 aliphatic rings. The fraction of sp³-hybridized carbons (Fsp3) is 0. The summed E-state index contributed by atoms with van der Waals surface area (Å²) in [6.45, 7) is 0. The van der Waals surface area contributed by atoms with E-state index in [1.807, 2.05) is 0 Å². The van der Waals surface area contributed by atoms with E-state index in [9.17, 15) is 4.79 Å². The summed E-state index contributed by atoms with van der Waals surface area (Å²) in [5.41, 5.74) is 0.395. The number of rotatable bonds is 0. The monoisotopic (exact) mass is 162 g/mol. The van der Waals surface area contributed by atoms with E-state index < -0.39 is 0 Å². The Morgan fingerprint density at radius 1 is 1.42 bits per heavy atom. The van der Waals surface area contributed by atoms with E-state index in [0.717, 1.165) is 0 Å². The molecule has 1 aromatic carbocycles. The predicted octanol–water partition coefficient (Wildman–Crippen LogP) is 0.629. The van der Waals surface area contributed by atoms with Gasteiger partial charge in [0.05, 0.1) is 11.7 Å². The van der Waals surface area contributed by atoms with Crippen molar-refractivity contribution in [2.75, 3.05) is 0 Å². The van der Waals surface area contributed by atoms with Crippen LogP contribution in [0.3, 0.4) is 0 Å². The molecule has 60 valence electrons. The topological polar surface area (TPSA) is 66.0 Å². The second-order valence-corrected chi connectivity index (χ2v) is 2.46. The molecule has 1 heterocycles. The van der Waals surface area contributed by atoms with Crippen molar-refractivity contribution in [2.24, 2.45) is 0 Å². The molecule has 0 fully saturated rings. The first-order valence-electron chi connectivity index (χ1n) is 3.44. The number of hydrogen-bond acceptors (Lipinski definition) is 3. The van der Waals surface area contributed by atoms with Crippen LogP contribution in [0.25, 0.3) is 10.9 Å². The summed E-state index contributed by atoms with van der Waals surface area (Å²) in [6.07, 6.45) is 1.21.